The van der Waals surface area contributed by atoms with E-state index >= 15 is 0 Å². The summed E-state index contributed by atoms with van der Waals surface area (Å²) in [4.78, 5) is 11.3. The first-order chi connectivity index (χ1) is 7.75. The lowest BCUT2D eigenvalue weighted by atomic mass is 10.3. The Hall–Kier alpha value is -1.75. The zero-order valence-corrected chi connectivity index (χ0v) is 9.44. The predicted molar refractivity (Wildman–Crippen MR) is 64.9 cm³/mol. The number of benzene rings is 1. The minimum atomic E-state index is 0.0381. The molecule has 0 unspecified atom stereocenters. The molecular weight excluding hydrogens is 224 g/mol. The normalized spacial score (nSPS) is 10.2. The molecule has 2 aromatic rings. The van der Waals surface area contributed by atoms with E-state index < -0.39 is 0 Å². The van der Waals surface area contributed by atoms with Crippen molar-refractivity contribution in [1.29, 1.82) is 0 Å². The summed E-state index contributed by atoms with van der Waals surface area (Å²) < 4.78 is 7.10. The summed E-state index contributed by atoms with van der Waals surface area (Å²) in [5.74, 6) is 0.725. The molecule has 0 amide bonds. The molecule has 2 rings (SSSR count). The lowest BCUT2D eigenvalue weighted by Gasteiger charge is -2.06. The van der Waals surface area contributed by atoms with E-state index in [0.29, 0.717) is 18.8 Å². The zero-order valence-electron chi connectivity index (χ0n) is 8.63. The Morgan fingerprint density at radius 3 is 3.00 bits per heavy atom. The molecule has 0 aliphatic heterocycles. The van der Waals surface area contributed by atoms with Crippen LogP contribution in [0.25, 0.3) is 0 Å². The van der Waals surface area contributed by atoms with E-state index in [1.165, 1.54) is 11.3 Å². The molecule has 0 saturated heterocycles. The Kier molecular flexibility index (Phi) is 3.26. The van der Waals surface area contributed by atoms with E-state index in [9.17, 15) is 4.79 Å². The monoisotopic (exact) mass is 236 g/mol. The van der Waals surface area contributed by atoms with Gasteiger partial charge in [0.2, 0.25) is 0 Å². The molecule has 0 spiro atoms. The second kappa shape index (κ2) is 4.85. The largest absolute Gasteiger partial charge is 0.492 e. The predicted octanol–water partition coefficient (Wildman–Crippen LogP) is 1.57. The van der Waals surface area contributed by atoms with Gasteiger partial charge in [-0.05, 0) is 12.1 Å². The Morgan fingerprint density at radius 2 is 2.31 bits per heavy atom. The number of nitrogens with two attached hydrogens (primary N) is 1. The average Bonchev–Trinajstić information content (AvgIpc) is 2.65. The number of thiazole rings is 1. The fraction of sp³-hybridized carbons (Fsp3) is 0.182. The van der Waals surface area contributed by atoms with Crippen molar-refractivity contribution in [2.75, 3.05) is 12.3 Å². The van der Waals surface area contributed by atoms with Crippen LogP contribution in [-0.4, -0.2) is 11.2 Å². The average molecular weight is 236 g/mol. The Balaban J connectivity index is 1.89. The molecule has 16 heavy (non-hydrogen) atoms. The highest BCUT2D eigenvalue weighted by molar-refractivity contribution is 7.07. The molecule has 0 aliphatic carbocycles. The summed E-state index contributed by atoms with van der Waals surface area (Å²) in [6.45, 7) is 1.01. The van der Waals surface area contributed by atoms with E-state index in [1.807, 2.05) is 12.1 Å². The maximum absolute atomic E-state index is 11.2. The molecule has 4 nitrogen and oxygen atoms in total. The van der Waals surface area contributed by atoms with Crippen molar-refractivity contribution in [1.82, 2.24) is 4.57 Å². The van der Waals surface area contributed by atoms with Gasteiger partial charge in [0.05, 0.1) is 6.54 Å². The second-order valence-corrected chi connectivity index (χ2v) is 4.14. The van der Waals surface area contributed by atoms with Gasteiger partial charge in [-0.25, -0.2) is 0 Å². The smallest absolute Gasteiger partial charge is 0.307 e. The SMILES string of the molecule is Nc1cccc(OCCn2ccsc2=O)c1. The molecular formula is C11H12N2O2S. The van der Waals surface area contributed by atoms with Crippen LogP contribution in [-0.2, 0) is 6.54 Å². The van der Waals surface area contributed by atoms with Crippen molar-refractivity contribution in [3.8, 4) is 5.75 Å². The highest BCUT2D eigenvalue weighted by Crippen LogP contribution is 2.14. The van der Waals surface area contributed by atoms with Gasteiger partial charge >= 0.3 is 4.87 Å². The molecule has 0 aliphatic rings. The molecule has 0 radical (unpaired) electrons. The number of nitrogens with zero attached hydrogens (tertiary/aromatic N) is 1. The van der Waals surface area contributed by atoms with Crippen molar-refractivity contribution >= 4 is 17.0 Å². The van der Waals surface area contributed by atoms with Gasteiger partial charge in [0, 0.05) is 23.3 Å². The van der Waals surface area contributed by atoms with E-state index in [-0.39, 0.29) is 4.87 Å². The molecule has 1 aromatic heterocycles. The van der Waals surface area contributed by atoms with E-state index in [4.69, 9.17) is 10.5 Å². The highest BCUT2D eigenvalue weighted by atomic mass is 32.1. The first kappa shape index (κ1) is 10.8. The quantitative estimate of drug-likeness (QED) is 0.820. The van der Waals surface area contributed by atoms with Crippen LogP contribution < -0.4 is 15.3 Å². The van der Waals surface area contributed by atoms with Crippen molar-refractivity contribution < 1.29 is 4.74 Å². The third kappa shape index (κ3) is 2.64. The zero-order chi connectivity index (χ0) is 11.4. The van der Waals surface area contributed by atoms with Gasteiger partial charge in [-0.15, -0.1) is 0 Å². The van der Waals surface area contributed by atoms with Crippen LogP contribution in [0.2, 0.25) is 0 Å². The number of rotatable bonds is 4. The lowest BCUT2D eigenvalue weighted by Crippen LogP contribution is -2.16. The topological polar surface area (TPSA) is 57.2 Å². The summed E-state index contributed by atoms with van der Waals surface area (Å²) in [6.07, 6.45) is 1.76. The fourth-order valence-electron chi connectivity index (χ4n) is 1.32. The summed E-state index contributed by atoms with van der Waals surface area (Å²) in [7, 11) is 0. The third-order valence-corrected chi connectivity index (χ3v) is 2.80. The van der Waals surface area contributed by atoms with Gasteiger partial charge in [-0.1, -0.05) is 17.4 Å². The third-order valence-electron chi connectivity index (χ3n) is 2.10. The van der Waals surface area contributed by atoms with Crippen LogP contribution in [0.1, 0.15) is 0 Å². The number of hydrogen-bond acceptors (Lipinski definition) is 4. The van der Waals surface area contributed by atoms with Crippen molar-refractivity contribution in [3.05, 3.63) is 45.5 Å². The number of nitrogen functional groups attached to an aromatic ring is 1. The summed E-state index contributed by atoms with van der Waals surface area (Å²) in [5, 5.41) is 1.77. The maximum atomic E-state index is 11.2. The molecule has 1 heterocycles. The minimum Gasteiger partial charge on any atom is -0.492 e. The van der Waals surface area contributed by atoms with Crippen LogP contribution in [0.4, 0.5) is 5.69 Å². The van der Waals surface area contributed by atoms with Crippen molar-refractivity contribution in [3.63, 3.8) is 0 Å². The molecule has 2 N–H and O–H groups in total. The van der Waals surface area contributed by atoms with Crippen LogP contribution in [0, 0.1) is 0 Å². The number of anilines is 1. The fourth-order valence-corrected chi connectivity index (χ4v) is 1.93. The molecule has 1 aromatic carbocycles. The first-order valence-electron chi connectivity index (χ1n) is 4.88. The second-order valence-electron chi connectivity index (χ2n) is 3.28. The number of hydrogen-bond donors (Lipinski definition) is 1. The summed E-state index contributed by atoms with van der Waals surface area (Å²) in [6, 6.07) is 7.24. The van der Waals surface area contributed by atoms with Gasteiger partial charge in [-0.2, -0.15) is 0 Å². The molecule has 84 valence electrons. The lowest BCUT2D eigenvalue weighted by molar-refractivity contribution is 0.297. The van der Waals surface area contributed by atoms with E-state index in [0.717, 1.165) is 5.75 Å². The Morgan fingerprint density at radius 1 is 1.44 bits per heavy atom. The van der Waals surface area contributed by atoms with Gasteiger partial charge in [0.15, 0.2) is 0 Å². The summed E-state index contributed by atoms with van der Waals surface area (Å²) >= 11 is 1.18. The first-order valence-corrected chi connectivity index (χ1v) is 5.76. The number of aromatic nitrogens is 1. The summed E-state index contributed by atoms with van der Waals surface area (Å²) in [5.41, 5.74) is 6.29. The van der Waals surface area contributed by atoms with Gasteiger partial charge in [-0.3, -0.25) is 4.79 Å². The van der Waals surface area contributed by atoms with E-state index in [1.54, 1.807) is 28.3 Å². The van der Waals surface area contributed by atoms with Gasteiger partial charge in [0.1, 0.15) is 12.4 Å². The van der Waals surface area contributed by atoms with Crippen molar-refractivity contribution in [2.24, 2.45) is 0 Å². The molecule has 0 atom stereocenters. The van der Waals surface area contributed by atoms with Crippen LogP contribution in [0.5, 0.6) is 5.75 Å². The number of ether oxygens (including phenoxy) is 1. The Bertz CT molecular complexity index is 518. The van der Waals surface area contributed by atoms with Gasteiger partial charge < -0.3 is 15.0 Å². The van der Waals surface area contributed by atoms with E-state index in [2.05, 4.69) is 0 Å². The molecule has 0 saturated carbocycles. The molecule has 0 fully saturated rings. The molecule has 0 bridgehead atoms. The van der Waals surface area contributed by atoms with Crippen LogP contribution in [0.15, 0.2) is 40.6 Å². The Labute approximate surface area is 96.9 Å². The van der Waals surface area contributed by atoms with Gasteiger partial charge in [0.25, 0.3) is 0 Å². The van der Waals surface area contributed by atoms with Crippen LogP contribution >= 0.6 is 11.3 Å². The molecule has 5 heteroatoms. The minimum absolute atomic E-state index is 0.0381. The standard InChI is InChI=1S/C11H12N2O2S/c12-9-2-1-3-10(8-9)15-6-4-13-5-7-16-11(13)14/h1-3,5,7-8H,4,6,12H2. The van der Waals surface area contributed by atoms with Crippen LogP contribution in [0.3, 0.4) is 0 Å². The van der Waals surface area contributed by atoms with Crippen molar-refractivity contribution in [2.45, 2.75) is 6.54 Å². The maximum Gasteiger partial charge on any atom is 0.307 e. The highest BCUT2D eigenvalue weighted by Gasteiger charge is 1.97.